The van der Waals surface area contributed by atoms with Crippen molar-refractivity contribution in [1.29, 1.82) is 0 Å². The summed E-state index contributed by atoms with van der Waals surface area (Å²) in [6, 6.07) is 0.666. The van der Waals surface area contributed by atoms with E-state index < -0.39 is 0 Å². The van der Waals surface area contributed by atoms with Gasteiger partial charge < -0.3 is 16.0 Å². The summed E-state index contributed by atoms with van der Waals surface area (Å²) in [5.41, 5.74) is 6.06. The summed E-state index contributed by atoms with van der Waals surface area (Å²) < 4.78 is 0. The van der Waals surface area contributed by atoms with Crippen molar-refractivity contribution in [2.45, 2.75) is 44.7 Å². The number of carbonyl (C=O) groups excluding carboxylic acids is 1. The minimum atomic E-state index is 0. The molecule has 0 aromatic rings. The Labute approximate surface area is 140 Å². The van der Waals surface area contributed by atoms with E-state index in [2.05, 4.69) is 17.1 Å². The van der Waals surface area contributed by atoms with E-state index in [0.29, 0.717) is 18.4 Å². The molecule has 1 amide bonds. The number of nitrogens with two attached hydrogens (primary N) is 1. The van der Waals surface area contributed by atoms with Crippen molar-refractivity contribution in [3.63, 3.8) is 0 Å². The molecule has 3 N–H and O–H groups in total. The van der Waals surface area contributed by atoms with Crippen LogP contribution in [0.1, 0.15) is 32.6 Å². The van der Waals surface area contributed by atoms with Gasteiger partial charge in [-0.05, 0) is 26.3 Å². The first-order valence-electron chi connectivity index (χ1n) is 7.66. The van der Waals surface area contributed by atoms with Crippen molar-refractivity contribution in [2.75, 3.05) is 39.3 Å². The summed E-state index contributed by atoms with van der Waals surface area (Å²) in [4.78, 5) is 16.6. The molecule has 0 radical (unpaired) electrons. The van der Waals surface area contributed by atoms with E-state index in [9.17, 15) is 4.79 Å². The number of likely N-dealkylation sites (tertiary alicyclic amines) is 1. The molecule has 2 aliphatic heterocycles. The summed E-state index contributed by atoms with van der Waals surface area (Å²) in [5.74, 6) is 0.301. The van der Waals surface area contributed by atoms with Crippen LogP contribution in [0.2, 0.25) is 0 Å². The zero-order chi connectivity index (χ0) is 13.7. The minimum absolute atomic E-state index is 0. The highest BCUT2D eigenvalue weighted by Crippen LogP contribution is 2.19. The predicted molar refractivity (Wildman–Crippen MR) is 91.4 cm³/mol. The third kappa shape index (κ3) is 6.28. The molecule has 0 bridgehead atoms. The predicted octanol–water partition coefficient (Wildman–Crippen LogP) is 0.854. The lowest BCUT2D eigenvalue weighted by molar-refractivity contribution is -0.132. The molecule has 0 saturated carbocycles. The van der Waals surface area contributed by atoms with Crippen LogP contribution < -0.4 is 11.1 Å². The molecule has 7 heteroatoms. The highest BCUT2D eigenvalue weighted by molar-refractivity contribution is 5.85. The second kappa shape index (κ2) is 10.6. The van der Waals surface area contributed by atoms with Crippen LogP contribution in [-0.2, 0) is 4.79 Å². The van der Waals surface area contributed by atoms with Gasteiger partial charge in [0.1, 0.15) is 0 Å². The SMILES string of the molecule is CC(N)C1CCCCN1CCC(=O)N1CCNCC1.Cl.Cl. The summed E-state index contributed by atoms with van der Waals surface area (Å²) >= 11 is 0. The molecule has 2 fully saturated rings. The average molecular weight is 341 g/mol. The van der Waals surface area contributed by atoms with E-state index in [1.807, 2.05) is 4.90 Å². The first-order valence-corrected chi connectivity index (χ1v) is 7.66. The molecule has 5 nitrogen and oxygen atoms in total. The van der Waals surface area contributed by atoms with Crippen LogP contribution in [0.15, 0.2) is 0 Å². The van der Waals surface area contributed by atoms with Gasteiger partial charge in [0.25, 0.3) is 0 Å². The van der Waals surface area contributed by atoms with Crippen molar-refractivity contribution >= 4 is 30.7 Å². The molecule has 2 heterocycles. The Hall–Kier alpha value is -0.0700. The lowest BCUT2D eigenvalue weighted by Crippen LogP contribution is -2.51. The van der Waals surface area contributed by atoms with E-state index in [-0.39, 0.29) is 30.9 Å². The zero-order valence-electron chi connectivity index (χ0n) is 12.9. The third-order valence-corrected chi connectivity index (χ3v) is 4.35. The van der Waals surface area contributed by atoms with Crippen LogP contribution in [-0.4, -0.2) is 67.1 Å². The summed E-state index contributed by atoms with van der Waals surface area (Å²) in [5, 5.41) is 3.28. The maximum Gasteiger partial charge on any atom is 0.223 e. The minimum Gasteiger partial charge on any atom is -0.340 e. The van der Waals surface area contributed by atoms with E-state index in [0.717, 1.165) is 39.3 Å². The Balaban J connectivity index is 0.00000200. The summed E-state index contributed by atoms with van der Waals surface area (Å²) in [6.07, 6.45) is 4.34. The van der Waals surface area contributed by atoms with Gasteiger partial charge in [-0.25, -0.2) is 0 Å². The van der Waals surface area contributed by atoms with E-state index in [1.165, 1.54) is 19.3 Å². The number of halogens is 2. The van der Waals surface area contributed by atoms with Gasteiger partial charge in [-0.15, -0.1) is 24.8 Å². The second-order valence-corrected chi connectivity index (χ2v) is 5.84. The molecule has 2 rings (SSSR count). The number of amides is 1. The fourth-order valence-electron chi connectivity index (χ4n) is 3.20. The molecule has 2 unspecified atom stereocenters. The third-order valence-electron chi connectivity index (χ3n) is 4.35. The molecular weight excluding hydrogens is 311 g/mol. The van der Waals surface area contributed by atoms with Gasteiger partial charge in [0, 0.05) is 51.2 Å². The Morgan fingerprint density at radius 3 is 2.52 bits per heavy atom. The van der Waals surface area contributed by atoms with Gasteiger partial charge in [-0.1, -0.05) is 6.42 Å². The first kappa shape index (κ1) is 20.9. The zero-order valence-corrected chi connectivity index (χ0v) is 14.6. The Morgan fingerprint density at radius 2 is 1.90 bits per heavy atom. The molecule has 2 atom stereocenters. The number of carbonyl (C=O) groups is 1. The standard InChI is InChI=1S/C14H28N4O.2ClH/c1-12(15)13-4-2-3-8-17(13)9-5-14(19)18-10-6-16-7-11-18;;/h12-13,16H,2-11,15H2,1H3;2*1H. The normalized spacial score (nSPS) is 24.7. The summed E-state index contributed by atoms with van der Waals surface area (Å²) in [7, 11) is 0. The molecule has 2 saturated heterocycles. The van der Waals surface area contributed by atoms with Crippen LogP contribution in [0, 0.1) is 0 Å². The van der Waals surface area contributed by atoms with E-state index in [1.54, 1.807) is 0 Å². The van der Waals surface area contributed by atoms with Crippen molar-refractivity contribution in [3.8, 4) is 0 Å². The van der Waals surface area contributed by atoms with E-state index in [4.69, 9.17) is 5.73 Å². The molecule has 126 valence electrons. The monoisotopic (exact) mass is 340 g/mol. The van der Waals surface area contributed by atoms with Crippen LogP contribution in [0.4, 0.5) is 0 Å². The van der Waals surface area contributed by atoms with Gasteiger partial charge in [0.2, 0.25) is 5.91 Å². The van der Waals surface area contributed by atoms with Gasteiger partial charge in [0.15, 0.2) is 0 Å². The van der Waals surface area contributed by atoms with Gasteiger partial charge in [0.05, 0.1) is 0 Å². The molecule has 0 spiro atoms. The van der Waals surface area contributed by atoms with Crippen molar-refractivity contribution in [3.05, 3.63) is 0 Å². The number of piperidine rings is 1. The van der Waals surface area contributed by atoms with Crippen LogP contribution in [0.25, 0.3) is 0 Å². The number of hydrogen-bond donors (Lipinski definition) is 2. The fraction of sp³-hybridized carbons (Fsp3) is 0.929. The lowest BCUT2D eigenvalue weighted by atomic mass is 9.97. The molecular formula is C14H30Cl2N4O. The highest BCUT2D eigenvalue weighted by Gasteiger charge is 2.26. The molecule has 0 aliphatic carbocycles. The maximum atomic E-state index is 12.2. The van der Waals surface area contributed by atoms with Crippen molar-refractivity contribution < 1.29 is 4.79 Å². The average Bonchev–Trinajstić information content (AvgIpc) is 2.46. The largest absolute Gasteiger partial charge is 0.340 e. The lowest BCUT2D eigenvalue weighted by Gasteiger charge is -2.38. The quantitative estimate of drug-likeness (QED) is 0.796. The van der Waals surface area contributed by atoms with Crippen molar-refractivity contribution in [1.82, 2.24) is 15.1 Å². The van der Waals surface area contributed by atoms with Gasteiger partial charge in [-0.3, -0.25) is 9.69 Å². The van der Waals surface area contributed by atoms with E-state index >= 15 is 0 Å². The highest BCUT2D eigenvalue weighted by atomic mass is 35.5. The fourth-order valence-corrected chi connectivity index (χ4v) is 3.20. The molecule has 0 aromatic heterocycles. The van der Waals surface area contributed by atoms with Gasteiger partial charge in [-0.2, -0.15) is 0 Å². The van der Waals surface area contributed by atoms with Gasteiger partial charge >= 0.3 is 0 Å². The Kier molecular flexibility index (Phi) is 10.6. The maximum absolute atomic E-state index is 12.2. The van der Waals surface area contributed by atoms with Crippen LogP contribution in [0.5, 0.6) is 0 Å². The van der Waals surface area contributed by atoms with Crippen LogP contribution in [0.3, 0.4) is 0 Å². The molecule has 21 heavy (non-hydrogen) atoms. The number of piperazine rings is 1. The van der Waals surface area contributed by atoms with Crippen molar-refractivity contribution in [2.24, 2.45) is 5.73 Å². The number of rotatable bonds is 4. The molecule has 0 aromatic carbocycles. The first-order chi connectivity index (χ1) is 9.18. The smallest absolute Gasteiger partial charge is 0.223 e. The number of hydrogen-bond acceptors (Lipinski definition) is 4. The Bertz CT molecular complexity index is 299. The second-order valence-electron chi connectivity index (χ2n) is 5.84. The summed E-state index contributed by atoms with van der Waals surface area (Å²) in [6.45, 7) is 7.62. The van der Waals surface area contributed by atoms with Crippen LogP contribution >= 0.6 is 24.8 Å². The number of nitrogens with one attached hydrogen (secondary N) is 1. The number of nitrogens with zero attached hydrogens (tertiary/aromatic N) is 2. The Morgan fingerprint density at radius 1 is 1.24 bits per heavy atom. The molecule has 2 aliphatic rings. The topological polar surface area (TPSA) is 61.6 Å².